The van der Waals surface area contributed by atoms with Crippen LogP contribution in [0.1, 0.15) is 30.0 Å². The molecule has 3 N–H and O–H groups in total. The van der Waals surface area contributed by atoms with Crippen LogP contribution in [0.5, 0.6) is 0 Å². The lowest BCUT2D eigenvalue weighted by atomic mass is 10.1. The topological polar surface area (TPSA) is 82.6 Å². The molecule has 7 heteroatoms. The van der Waals surface area contributed by atoms with E-state index < -0.39 is 10.0 Å². The fourth-order valence-corrected chi connectivity index (χ4v) is 3.46. The summed E-state index contributed by atoms with van der Waals surface area (Å²) in [5, 5.41) is 6.62. The predicted octanol–water partition coefficient (Wildman–Crippen LogP) is 2.42. The summed E-state index contributed by atoms with van der Waals surface area (Å²) in [5.41, 5.74) is 3.13. The maximum atomic E-state index is 11.6. The molecule has 0 amide bonds. The Morgan fingerprint density at radius 3 is 2.25 bits per heavy atom. The van der Waals surface area contributed by atoms with Crippen molar-refractivity contribution < 1.29 is 8.42 Å². The molecule has 0 heterocycles. The van der Waals surface area contributed by atoms with Crippen LogP contribution < -0.4 is 15.4 Å². The van der Waals surface area contributed by atoms with Crippen LogP contribution in [-0.2, 0) is 28.7 Å². The lowest BCUT2D eigenvalue weighted by molar-refractivity contribution is 0.587. The molecule has 0 aliphatic heterocycles. The maximum Gasteiger partial charge on any atom is 0.215 e. The largest absolute Gasteiger partial charge is 0.357 e. The molecule has 28 heavy (non-hydrogen) atoms. The van der Waals surface area contributed by atoms with E-state index in [2.05, 4.69) is 44.6 Å². The van der Waals surface area contributed by atoms with Gasteiger partial charge in [0.05, 0.1) is 12.3 Å². The first-order valence-electron chi connectivity index (χ1n) is 9.57. The molecule has 0 saturated heterocycles. The van der Waals surface area contributed by atoms with Crippen molar-refractivity contribution >= 4 is 16.0 Å². The standard InChI is InChI=1S/C21H30N4O2S/c1-3-23-21(24-15-7-10-18-8-5-4-6-9-18)25-16-19-11-13-20(14-12-19)17-28(26,27)22-2/h4-6,8-9,11-14,22H,3,7,10,15-17H2,1-2H3,(H2,23,24,25). The Balaban J connectivity index is 1.84. The van der Waals surface area contributed by atoms with Gasteiger partial charge in [-0.25, -0.2) is 18.1 Å². The fraction of sp³-hybridized carbons (Fsp3) is 0.381. The molecule has 0 aromatic heterocycles. The molecule has 0 atom stereocenters. The molecule has 0 aliphatic rings. The van der Waals surface area contributed by atoms with Gasteiger partial charge in [0.2, 0.25) is 10.0 Å². The van der Waals surface area contributed by atoms with Crippen molar-refractivity contribution in [2.75, 3.05) is 20.1 Å². The third-order valence-corrected chi connectivity index (χ3v) is 5.57. The number of sulfonamides is 1. The molecule has 0 aliphatic carbocycles. The molecule has 0 saturated carbocycles. The molecule has 2 aromatic carbocycles. The highest BCUT2D eigenvalue weighted by molar-refractivity contribution is 7.88. The van der Waals surface area contributed by atoms with Crippen molar-refractivity contribution in [1.82, 2.24) is 15.4 Å². The first kappa shape index (κ1) is 21.9. The zero-order valence-electron chi connectivity index (χ0n) is 16.6. The SMILES string of the molecule is CCNC(=NCc1ccc(CS(=O)(=O)NC)cc1)NCCCc1ccccc1. The number of aliphatic imine (C=N–C) groups is 1. The minimum atomic E-state index is -3.25. The number of hydrogen-bond acceptors (Lipinski definition) is 3. The minimum absolute atomic E-state index is 0.0152. The van der Waals surface area contributed by atoms with Gasteiger partial charge in [-0.15, -0.1) is 0 Å². The average Bonchev–Trinajstić information content (AvgIpc) is 2.71. The Morgan fingerprint density at radius 1 is 0.929 bits per heavy atom. The van der Waals surface area contributed by atoms with Gasteiger partial charge < -0.3 is 10.6 Å². The van der Waals surface area contributed by atoms with Crippen LogP contribution in [0.2, 0.25) is 0 Å². The van der Waals surface area contributed by atoms with E-state index in [0.29, 0.717) is 6.54 Å². The summed E-state index contributed by atoms with van der Waals surface area (Å²) in [6, 6.07) is 18.0. The first-order chi connectivity index (χ1) is 13.5. The third-order valence-electron chi connectivity index (χ3n) is 4.23. The van der Waals surface area contributed by atoms with Crippen LogP contribution >= 0.6 is 0 Å². The van der Waals surface area contributed by atoms with E-state index in [-0.39, 0.29) is 5.75 Å². The average molecular weight is 403 g/mol. The van der Waals surface area contributed by atoms with Crippen molar-refractivity contribution in [2.45, 2.75) is 32.1 Å². The molecule has 0 spiro atoms. The highest BCUT2D eigenvalue weighted by Gasteiger charge is 2.08. The molecule has 0 fully saturated rings. The smallest absolute Gasteiger partial charge is 0.215 e. The van der Waals surface area contributed by atoms with E-state index in [4.69, 9.17) is 0 Å². The lowest BCUT2D eigenvalue weighted by Crippen LogP contribution is -2.37. The van der Waals surface area contributed by atoms with E-state index >= 15 is 0 Å². The molecule has 0 bridgehead atoms. The number of nitrogens with zero attached hydrogens (tertiary/aromatic N) is 1. The maximum absolute atomic E-state index is 11.6. The number of hydrogen-bond donors (Lipinski definition) is 3. The monoisotopic (exact) mass is 402 g/mol. The van der Waals surface area contributed by atoms with E-state index in [1.165, 1.54) is 12.6 Å². The van der Waals surface area contributed by atoms with E-state index in [1.807, 2.05) is 37.3 Å². The van der Waals surface area contributed by atoms with Crippen LogP contribution in [0.3, 0.4) is 0 Å². The molecular weight excluding hydrogens is 372 g/mol. The Bertz CT molecular complexity index is 834. The Kier molecular flexibility index (Phi) is 8.97. The summed E-state index contributed by atoms with van der Waals surface area (Å²) in [6.45, 7) is 4.22. The van der Waals surface area contributed by atoms with Crippen LogP contribution in [-0.4, -0.2) is 34.5 Å². The van der Waals surface area contributed by atoms with Gasteiger partial charge in [0.1, 0.15) is 0 Å². The number of benzene rings is 2. The van der Waals surface area contributed by atoms with Gasteiger partial charge in [0.15, 0.2) is 5.96 Å². The van der Waals surface area contributed by atoms with E-state index in [1.54, 1.807) is 0 Å². The molecule has 152 valence electrons. The second-order valence-electron chi connectivity index (χ2n) is 6.49. The Labute approximate surface area is 168 Å². The predicted molar refractivity (Wildman–Crippen MR) is 116 cm³/mol. The van der Waals surface area contributed by atoms with Gasteiger partial charge in [-0.3, -0.25) is 0 Å². The van der Waals surface area contributed by atoms with Crippen LogP contribution in [0, 0.1) is 0 Å². The fourth-order valence-electron chi connectivity index (χ4n) is 2.69. The highest BCUT2D eigenvalue weighted by Crippen LogP contribution is 2.09. The highest BCUT2D eigenvalue weighted by atomic mass is 32.2. The normalized spacial score (nSPS) is 12.0. The number of nitrogens with one attached hydrogen (secondary N) is 3. The number of aryl methyl sites for hydroxylation is 1. The van der Waals surface area contributed by atoms with Gasteiger partial charge in [0, 0.05) is 13.1 Å². The molecule has 2 aromatic rings. The van der Waals surface area contributed by atoms with E-state index in [0.717, 1.165) is 43.0 Å². The second-order valence-corrected chi connectivity index (χ2v) is 8.42. The number of guanidine groups is 1. The van der Waals surface area contributed by atoms with Crippen LogP contribution in [0.25, 0.3) is 0 Å². The lowest BCUT2D eigenvalue weighted by Gasteiger charge is -2.11. The molecular formula is C21H30N4O2S. The first-order valence-corrected chi connectivity index (χ1v) is 11.2. The van der Waals surface area contributed by atoms with Crippen molar-refractivity contribution in [1.29, 1.82) is 0 Å². The summed E-state index contributed by atoms with van der Waals surface area (Å²) < 4.78 is 25.5. The molecule has 0 radical (unpaired) electrons. The summed E-state index contributed by atoms with van der Waals surface area (Å²) in [6.07, 6.45) is 2.06. The zero-order chi connectivity index (χ0) is 20.2. The van der Waals surface area contributed by atoms with Crippen molar-refractivity contribution in [3.63, 3.8) is 0 Å². The molecule has 2 rings (SSSR count). The van der Waals surface area contributed by atoms with E-state index in [9.17, 15) is 8.42 Å². The van der Waals surface area contributed by atoms with Crippen LogP contribution in [0.15, 0.2) is 59.6 Å². The third kappa shape index (κ3) is 8.10. The van der Waals surface area contributed by atoms with Gasteiger partial charge in [-0.2, -0.15) is 0 Å². The quantitative estimate of drug-likeness (QED) is 0.324. The Hall–Kier alpha value is -2.38. The van der Waals surface area contributed by atoms with Gasteiger partial charge in [-0.1, -0.05) is 54.6 Å². The summed E-state index contributed by atoms with van der Waals surface area (Å²) in [5.74, 6) is 0.774. The second kappa shape index (κ2) is 11.5. The molecule has 6 nitrogen and oxygen atoms in total. The minimum Gasteiger partial charge on any atom is -0.357 e. The number of rotatable bonds is 10. The zero-order valence-corrected chi connectivity index (χ0v) is 17.4. The van der Waals surface area contributed by atoms with Gasteiger partial charge in [-0.05, 0) is 43.5 Å². The van der Waals surface area contributed by atoms with Crippen molar-refractivity contribution in [3.8, 4) is 0 Å². The summed E-state index contributed by atoms with van der Waals surface area (Å²) >= 11 is 0. The van der Waals surface area contributed by atoms with Gasteiger partial charge >= 0.3 is 0 Å². The summed E-state index contributed by atoms with van der Waals surface area (Å²) in [7, 11) is -1.82. The van der Waals surface area contributed by atoms with Crippen LogP contribution in [0.4, 0.5) is 0 Å². The van der Waals surface area contributed by atoms with Crippen molar-refractivity contribution in [2.24, 2.45) is 4.99 Å². The Morgan fingerprint density at radius 2 is 1.61 bits per heavy atom. The summed E-state index contributed by atoms with van der Waals surface area (Å²) in [4.78, 5) is 4.61. The van der Waals surface area contributed by atoms with Crippen molar-refractivity contribution in [3.05, 3.63) is 71.3 Å². The van der Waals surface area contributed by atoms with Gasteiger partial charge in [0.25, 0.3) is 0 Å². The molecule has 0 unspecified atom stereocenters.